The number of pyridine rings is 1. The second kappa shape index (κ2) is 11.4. The van der Waals surface area contributed by atoms with Gasteiger partial charge in [-0.05, 0) is 60.5 Å². The molecule has 0 radical (unpaired) electrons. The van der Waals surface area contributed by atoms with Gasteiger partial charge in [-0.25, -0.2) is 4.98 Å². The first-order valence-corrected chi connectivity index (χ1v) is 10.1. The van der Waals surface area contributed by atoms with Gasteiger partial charge in [-0.1, -0.05) is 12.1 Å². The number of aliphatic imine (C=N–C) groups is 1. The highest BCUT2D eigenvalue weighted by molar-refractivity contribution is 5.79. The summed E-state index contributed by atoms with van der Waals surface area (Å²) in [6.07, 6.45) is 1.73. The zero-order chi connectivity index (χ0) is 21.9. The average molecular weight is 421 g/mol. The lowest BCUT2D eigenvalue weighted by molar-refractivity contribution is 0.339. The number of nitrogens with one attached hydrogen (secondary N) is 2. The number of benzene rings is 2. The first-order valence-electron chi connectivity index (χ1n) is 10.1. The SMILES string of the molecule is CCOc1ccc(Oc2cc(CNC(=NC)NCc3cccc(OC)c3)ccn2)cc1. The second-order valence-electron chi connectivity index (χ2n) is 6.64. The molecule has 0 amide bonds. The molecular formula is C24H28N4O3. The van der Waals surface area contributed by atoms with E-state index >= 15 is 0 Å². The van der Waals surface area contributed by atoms with E-state index in [1.165, 1.54) is 0 Å². The van der Waals surface area contributed by atoms with Gasteiger partial charge in [0.1, 0.15) is 17.2 Å². The van der Waals surface area contributed by atoms with E-state index in [1.54, 1.807) is 20.4 Å². The Balaban J connectivity index is 1.53. The highest BCUT2D eigenvalue weighted by Gasteiger charge is 2.04. The number of hydrogen-bond donors (Lipinski definition) is 2. The first kappa shape index (κ1) is 22.0. The molecule has 3 rings (SSSR count). The molecule has 3 aromatic rings. The predicted octanol–water partition coefficient (Wildman–Crippen LogP) is 4.15. The lowest BCUT2D eigenvalue weighted by atomic mass is 10.2. The van der Waals surface area contributed by atoms with Crippen LogP contribution in [0.25, 0.3) is 0 Å². The van der Waals surface area contributed by atoms with Gasteiger partial charge in [0.25, 0.3) is 0 Å². The zero-order valence-corrected chi connectivity index (χ0v) is 18.1. The van der Waals surface area contributed by atoms with E-state index in [-0.39, 0.29) is 0 Å². The third-order valence-corrected chi connectivity index (χ3v) is 4.43. The highest BCUT2D eigenvalue weighted by Crippen LogP contribution is 2.23. The summed E-state index contributed by atoms with van der Waals surface area (Å²) in [4.78, 5) is 8.57. The summed E-state index contributed by atoms with van der Waals surface area (Å²) in [7, 11) is 3.41. The predicted molar refractivity (Wildman–Crippen MR) is 122 cm³/mol. The number of hydrogen-bond acceptors (Lipinski definition) is 5. The van der Waals surface area contributed by atoms with Crippen molar-refractivity contribution >= 4 is 5.96 Å². The summed E-state index contributed by atoms with van der Waals surface area (Å²) in [6, 6.07) is 19.2. The van der Waals surface area contributed by atoms with Crippen LogP contribution in [-0.4, -0.2) is 31.7 Å². The lowest BCUT2D eigenvalue weighted by Gasteiger charge is -2.13. The molecule has 1 heterocycles. The lowest BCUT2D eigenvalue weighted by Crippen LogP contribution is -2.36. The van der Waals surface area contributed by atoms with E-state index in [0.29, 0.717) is 37.3 Å². The molecular weight excluding hydrogens is 392 g/mol. The van der Waals surface area contributed by atoms with E-state index in [0.717, 1.165) is 22.6 Å². The Labute approximate surface area is 183 Å². The van der Waals surface area contributed by atoms with Crippen LogP contribution in [0.3, 0.4) is 0 Å². The van der Waals surface area contributed by atoms with Gasteiger partial charge in [0.05, 0.1) is 13.7 Å². The quantitative estimate of drug-likeness (QED) is 0.400. The van der Waals surface area contributed by atoms with Crippen molar-refractivity contribution in [3.8, 4) is 23.1 Å². The summed E-state index contributed by atoms with van der Waals surface area (Å²) in [5.74, 6) is 3.58. The minimum absolute atomic E-state index is 0.530. The molecule has 0 bridgehead atoms. The fourth-order valence-corrected chi connectivity index (χ4v) is 2.88. The highest BCUT2D eigenvalue weighted by atomic mass is 16.5. The molecule has 0 spiro atoms. The van der Waals surface area contributed by atoms with Crippen LogP contribution in [0.4, 0.5) is 0 Å². The molecule has 162 valence electrons. The van der Waals surface area contributed by atoms with Crippen LogP contribution in [0.5, 0.6) is 23.1 Å². The molecule has 0 aliphatic heterocycles. The van der Waals surface area contributed by atoms with Gasteiger partial charge in [-0.2, -0.15) is 0 Å². The van der Waals surface area contributed by atoms with Crippen LogP contribution in [-0.2, 0) is 13.1 Å². The molecule has 0 atom stereocenters. The van der Waals surface area contributed by atoms with Crippen molar-refractivity contribution in [1.29, 1.82) is 0 Å². The average Bonchev–Trinajstić information content (AvgIpc) is 2.81. The number of methoxy groups -OCH3 is 1. The van der Waals surface area contributed by atoms with Gasteiger partial charge in [0.2, 0.25) is 5.88 Å². The third kappa shape index (κ3) is 6.92. The van der Waals surface area contributed by atoms with E-state index < -0.39 is 0 Å². The van der Waals surface area contributed by atoms with E-state index in [4.69, 9.17) is 14.2 Å². The van der Waals surface area contributed by atoms with Crippen LogP contribution in [0.1, 0.15) is 18.1 Å². The van der Waals surface area contributed by atoms with Crippen LogP contribution < -0.4 is 24.8 Å². The summed E-state index contributed by atoms with van der Waals surface area (Å²) >= 11 is 0. The maximum atomic E-state index is 5.86. The maximum absolute atomic E-state index is 5.86. The molecule has 0 saturated heterocycles. The number of aromatic nitrogens is 1. The minimum Gasteiger partial charge on any atom is -0.497 e. The minimum atomic E-state index is 0.530. The van der Waals surface area contributed by atoms with Crippen LogP contribution >= 0.6 is 0 Å². The largest absolute Gasteiger partial charge is 0.497 e. The van der Waals surface area contributed by atoms with Gasteiger partial charge in [0, 0.05) is 32.4 Å². The van der Waals surface area contributed by atoms with Gasteiger partial charge < -0.3 is 24.8 Å². The molecule has 0 fully saturated rings. The molecule has 31 heavy (non-hydrogen) atoms. The fourth-order valence-electron chi connectivity index (χ4n) is 2.88. The topological polar surface area (TPSA) is 77.0 Å². The van der Waals surface area contributed by atoms with Crippen molar-refractivity contribution in [2.75, 3.05) is 20.8 Å². The molecule has 2 N–H and O–H groups in total. The standard InChI is InChI=1S/C24H28N4O3/c1-4-30-20-8-10-21(11-9-20)31-23-15-19(12-13-26-23)17-28-24(25-2)27-16-18-6-5-7-22(14-18)29-3/h5-15H,4,16-17H2,1-3H3,(H2,25,27,28). The Hall–Kier alpha value is -3.74. The van der Waals surface area contributed by atoms with Crippen molar-refractivity contribution in [2.45, 2.75) is 20.0 Å². The third-order valence-electron chi connectivity index (χ3n) is 4.43. The fraction of sp³-hybridized carbons (Fsp3) is 0.250. The summed E-state index contributed by atoms with van der Waals surface area (Å²) in [6.45, 7) is 3.81. The van der Waals surface area contributed by atoms with Crippen molar-refractivity contribution in [3.05, 3.63) is 78.0 Å². The molecule has 1 aromatic heterocycles. The van der Waals surface area contributed by atoms with Gasteiger partial charge in [-0.15, -0.1) is 0 Å². The second-order valence-corrected chi connectivity index (χ2v) is 6.64. The van der Waals surface area contributed by atoms with Crippen molar-refractivity contribution in [2.24, 2.45) is 4.99 Å². The smallest absolute Gasteiger partial charge is 0.219 e. The molecule has 0 unspecified atom stereocenters. The molecule has 0 aliphatic carbocycles. The summed E-state index contributed by atoms with van der Waals surface area (Å²) in [5, 5.41) is 6.61. The van der Waals surface area contributed by atoms with Crippen molar-refractivity contribution in [1.82, 2.24) is 15.6 Å². The number of ether oxygens (including phenoxy) is 3. The molecule has 0 aliphatic rings. The monoisotopic (exact) mass is 420 g/mol. The van der Waals surface area contributed by atoms with Crippen LogP contribution in [0.15, 0.2) is 71.9 Å². The van der Waals surface area contributed by atoms with E-state index in [2.05, 4.69) is 20.6 Å². The Morgan fingerprint density at radius 1 is 0.903 bits per heavy atom. The van der Waals surface area contributed by atoms with Gasteiger partial charge >= 0.3 is 0 Å². The Bertz CT molecular complexity index is 990. The normalized spacial score (nSPS) is 11.0. The molecule has 2 aromatic carbocycles. The Kier molecular flexibility index (Phi) is 8.11. The first-order chi connectivity index (χ1) is 15.2. The number of rotatable bonds is 9. The maximum Gasteiger partial charge on any atom is 0.219 e. The van der Waals surface area contributed by atoms with Crippen molar-refractivity contribution in [3.63, 3.8) is 0 Å². The van der Waals surface area contributed by atoms with E-state index in [1.807, 2.05) is 67.6 Å². The van der Waals surface area contributed by atoms with Crippen molar-refractivity contribution < 1.29 is 14.2 Å². The number of guanidine groups is 1. The summed E-state index contributed by atoms with van der Waals surface area (Å²) < 4.78 is 16.6. The Morgan fingerprint density at radius 3 is 2.29 bits per heavy atom. The molecule has 7 heteroatoms. The van der Waals surface area contributed by atoms with Gasteiger partial charge in [0.15, 0.2) is 5.96 Å². The van der Waals surface area contributed by atoms with Crippen LogP contribution in [0.2, 0.25) is 0 Å². The van der Waals surface area contributed by atoms with Gasteiger partial charge in [-0.3, -0.25) is 4.99 Å². The Morgan fingerprint density at radius 2 is 1.61 bits per heavy atom. The summed E-state index contributed by atoms with van der Waals surface area (Å²) in [5.41, 5.74) is 2.14. The number of nitrogens with zero attached hydrogens (tertiary/aromatic N) is 2. The van der Waals surface area contributed by atoms with E-state index in [9.17, 15) is 0 Å². The molecule has 7 nitrogen and oxygen atoms in total. The zero-order valence-electron chi connectivity index (χ0n) is 18.1. The van der Waals surface area contributed by atoms with Crippen LogP contribution in [0, 0.1) is 0 Å². The molecule has 0 saturated carbocycles.